The van der Waals surface area contributed by atoms with Crippen LogP contribution < -0.4 is 10.2 Å². The third-order valence-corrected chi connectivity index (χ3v) is 4.42. The lowest BCUT2D eigenvalue weighted by molar-refractivity contribution is -0.114. The molecule has 0 saturated heterocycles. The minimum absolute atomic E-state index is 0.0644. The van der Waals surface area contributed by atoms with Crippen molar-refractivity contribution in [2.45, 2.75) is 13.3 Å². The Labute approximate surface area is 155 Å². The van der Waals surface area contributed by atoms with Crippen LogP contribution in [0.4, 0.5) is 11.4 Å². The molecule has 128 valence electrons. The fourth-order valence-corrected chi connectivity index (χ4v) is 3.06. The quantitative estimate of drug-likeness (QED) is 0.704. The Balaban J connectivity index is 1.78. The smallest absolute Gasteiger partial charge is 0.243 e. The van der Waals surface area contributed by atoms with Gasteiger partial charge in [0.25, 0.3) is 0 Å². The van der Waals surface area contributed by atoms with E-state index in [9.17, 15) is 4.79 Å². The molecular weight excluding hydrogens is 380 g/mol. The van der Waals surface area contributed by atoms with Crippen LogP contribution in [0.3, 0.4) is 0 Å². The van der Waals surface area contributed by atoms with Gasteiger partial charge in [-0.1, -0.05) is 25.1 Å². The number of amides is 1. The molecule has 0 aliphatic rings. The maximum absolute atomic E-state index is 12.5. The zero-order valence-electron chi connectivity index (χ0n) is 14.2. The fraction of sp³-hybridized carbons (Fsp3) is 0.211. The lowest BCUT2D eigenvalue weighted by atomic mass is 10.1. The number of hydrogen-bond acceptors (Lipinski definition) is 4. The van der Waals surface area contributed by atoms with E-state index in [-0.39, 0.29) is 12.5 Å². The highest BCUT2D eigenvalue weighted by Gasteiger charge is 2.13. The van der Waals surface area contributed by atoms with Crippen molar-refractivity contribution in [1.29, 1.82) is 0 Å². The molecule has 0 saturated carbocycles. The molecule has 0 aliphatic carbocycles. The second kappa shape index (κ2) is 7.61. The molecule has 1 aromatic carbocycles. The summed E-state index contributed by atoms with van der Waals surface area (Å²) in [4.78, 5) is 23.1. The molecule has 2 aromatic heterocycles. The number of benzene rings is 1. The second-order valence-electron chi connectivity index (χ2n) is 5.77. The molecule has 5 nitrogen and oxygen atoms in total. The van der Waals surface area contributed by atoms with Gasteiger partial charge in [0.1, 0.15) is 5.52 Å². The number of halogens is 1. The summed E-state index contributed by atoms with van der Waals surface area (Å²) in [5, 5.41) is 3.00. The van der Waals surface area contributed by atoms with E-state index >= 15 is 0 Å². The summed E-state index contributed by atoms with van der Waals surface area (Å²) in [5.41, 5.74) is 4.42. The van der Waals surface area contributed by atoms with Crippen LogP contribution in [-0.2, 0) is 11.2 Å². The third-order valence-electron chi connectivity index (χ3n) is 3.99. The molecule has 1 amide bonds. The predicted octanol–water partition coefficient (Wildman–Crippen LogP) is 4.03. The summed E-state index contributed by atoms with van der Waals surface area (Å²) in [6.07, 6.45) is 4.34. The van der Waals surface area contributed by atoms with Gasteiger partial charge in [0.15, 0.2) is 0 Å². The number of hydrogen-bond donors (Lipinski definition) is 1. The van der Waals surface area contributed by atoms with Gasteiger partial charge >= 0.3 is 0 Å². The van der Waals surface area contributed by atoms with Crippen LogP contribution in [0, 0.1) is 0 Å². The number of nitrogens with one attached hydrogen (secondary N) is 1. The third kappa shape index (κ3) is 3.96. The molecule has 3 rings (SSSR count). The SMILES string of the molecule is CCc1ccccc1NC(=O)CN(C)c1ccnc2cc(Br)cnc12. The maximum atomic E-state index is 12.5. The van der Waals surface area contributed by atoms with E-state index in [2.05, 4.69) is 38.1 Å². The zero-order valence-corrected chi connectivity index (χ0v) is 15.7. The van der Waals surface area contributed by atoms with Crippen LogP contribution in [0.2, 0.25) is 0 Å². The molecule has 0 spiro atoms. The van der Waals surface area contributed by atoms with Crippen LogP contribution in [0.25, 0.3) is 11.0 Å². The first-order valence-electron chi connectivity index (χ1n) is 8.07. The molecule has 0 radical (unpaired) electrons. The van der Waals surface area contributed by atoms with Crippen LogP contribution in [0.5, 0.6) is 0 Å². The molecule has 1 N–H and O–H groups in total. The van der Waals surface area contributed by atoms with Crippen molar-refractivity contribution in [1.82, 2.24) is 9.97 Å². The number of para-hydroxylation sites is 1. The Morgan fingerprint density at radius 3 is 2.84 bits per heavy atom. The summed E-state index contributed by atoms with van der Waals surface area (Å²) in [5.74, 6) is -0.0644. The van der Waals surface area contributed by atoms with Crippen LogP contribution in [0.1, 0.15) is 12.5 Å². The molecule has 0 fully saturated rings. The van der Waals surface area contributed by atoms with Crippen molar-refractivity contribution in [3.8, 4) is 0 Å². The van der Waals surface area contributed by atoms with Gasteiger partial charge < -0.3 is 10.2 Å². The highest BCUT2D eigenvalue weighted by molar-refractivity contribution is 9.10. The number of likely N-dealkylation sites (N-methyl/N-ethyl adjacent to an activating group) is 1. The van der Waals surface area contributed by atoms with Crippen molar-refractivity contribution >= 4 is 44.2 Å². The molecule has 2 heterocycles. The van der Waals surface area contributed by atoms with E-state index in [1.54, 1.807) is 12.4 Å². The van der Waals surface area contributed by atoms with Crippen molar-refractivity contribution in [3.63, 3.8) is 0 Å². The monoisotopic (exact) mass is 398 g/mol. The maximum Gasteiger partial charge on any atom is 0.243 e. The summed E-state index contributed by atoms with van der Waals surface area (Å²) < 4.78 is 0.876. The van der Waals surface area contributed by atoms with Gasteiger partial charge in [0, 0.05) is 29.6 Å². The number of carbonyl (C=O) groups excluding carboxylic acids is 1. The number of aryl methyl sites for hydroxylation is 1. The van der Waals surface area contributed by atoms with Crippen molar-refractivity contribution in [2.24, 2.45) is 0 Å². The Hall–Kier alpha value is -2.47. The first kappa shape index (κ1) is 17.4. The van der Waals surface area contributed by atoms with Crippen molar-refractivity contribution in [2.75, 3.05) is 23.8 Å². The van der Waals surface area contributed by atoms with E-state index in [1.807, 2.05) is 48.3 Å². The Morgan fingerprint density at radius 1 is 1.24 bits per heavy atom. The highest BCUT2D eigenvalue weighted by Crippen LogP contribution is 2.24. The first-order valence-corrected chi connectivity index (χ1v) is 8.87. The summed E-state index contributed by atoms with van der Waals surface area (Å²) >= 11 is 3.40. The Kier molecular flexibility index (Phi) is 5.28. The Bertz CT molecular complexity index is 913. The molecule has 25 heavy (non-hydrogen) atoms. The minimum atomic E-state index is -0.0644. The number of pyridine rings is 2. The zero-order chi connectivity index (χ0) is 17.8. The van der Waals surface area contributed by atoms with E-state index in [0.29, 0.717) is 0 Å². The summed E-state index contributed by atoms with van der Waals surface area (Å²) in [6.45, 7) is 2.30. The van der Waals surface area contributed by atoms with Gasteiger partial charge in [0.05, 0.1) is 17.7 Å². The van der Waals surface area contributed by atoms with Gasteiger partial charge in [-0.3, -0.25) is 14.8 Å². The lowest BCUT2D eigenvalue weighted by Gasteiger charge is -2.20. The molecule has 0 unspecified atom stereocenters. The van der Waals surface area contributed by atoms with Gasteiger partial charge in [0.2, 0.25) is 5.91 Å². The molecule has 0 bridgehead atoms. The second-order valence-corrected chi connectivity index (χ2v) is 6.68. The van der Waals surface area contributed by atoms with Crippen molar-refractivity contribution < 1.29 is 4.79 Å². The van der Waals surface area contributed by atoms with E-state index in [0.717, 1.165) is 38.9 Å². The van der Waals surface area contributed by atoms with Crippen LogP contribution >= 0.6 is 15.9 Å². The highest BCUT2D eigenvalue weighted by atomic mass is 79.9. The average molecular weight is 399 g/mol. The number of rotatable bonds is 5. The first-order chi connectivity index (χ1) is 12.1. The number of aromatic nitrogens is 2. The topological polar surface area (TPSA) is 58.1 Å². The summed E-state index contributed by atoms with van der Waals surface area (Å²) in [7, 11) is 1.88. The molecule has 6 heteroatoms. The predicted molar refractivity (Wildman–Crippen MR) is 105 cm³/mol. The van der Waals surface area contributed by atoms with Gasteiger partial charge in [-0.25, -0.2) is 0 Å². The largest absolute Gasteiger partial charge is 0.363 e. The van der Waals surface area contributed by atoms with Gasteiger partial charge in [-0.15, -0.1) is 0 Å². The number of anilines is 2. The van der Waals surface area contributed by atoms with Crippen LogP contribution in [-0.4, -0.2) is 29.5 Å². The molecule has 3 aromatic rings. The number of fused-ring (bicyclic) bond motifs is 1. The van der Waals surface area contributed by atoms with Gasteiger partial charge in [-0.05, 0) is 46.1 Å². The van der Waals surface area contributed by atoms with Crippen molar-refractivity contribution in [3.05, 3.63) is 58.8 Å². The lowest BCUT2D eigenvalue weighted by Crippen LogP contribution is -2.30. The molecular formula is C19H19BrN4O. The number of carbonyl (C=O) groups is 1. The summed E-state index contributed by atoms with van der Waals surface area (Å²) in [6, 6.07) is 11.6. The molecule has 0 atom stereocenters. The standard InChI is InChI=1S/C19H19BrN4O/c1-3-13-6-4-5-7-15(13)23-18(25)12-24(2)17-8-9-21-16-10-14(20)11-22-19(16)17/h4-11H,3,12H2,1-2H3,(H,23,25). The minimum Gasteiger partial charge on any atom is -0.363 e. The van der Waals surface area contributed by atoms with Gasteiger partial charge in [-0.2, -0.15) is 0 Å². The van der Waals surface area contributed by atoms with E-state index in [4.69, 9.17) is 0 Å². The van der Waals surface area contributed by atoms with E-state index < -0.39 is 0 Å². The molecule has 0 aliphatic heterocycles. The number of nitrogens with zero attached hydrogens (tertiary/aromatic N) is 3. The average Bonchev–Trinajstić information content (AvgIpc) is 2.61. The Morgan fingerprint density at radius 2 is 2.04 bits per heavy atom. The van der Waals surface area contributed by atoms with Crippen LogP contribution in [0.15, 0.2) is 53.3 Å². The fourth-order valence-electron chi connectivity index (χ4n) is 2.74. The van der Waals surface area contributed by atoms with E-state index in [1.165, 1.54) is 0 Å². The normalized spacial score (nSPS) is 10.7.